The molecule has 0 aromatic carbocycles. The Kier molecular flexibility index (Phi) is 4.83. The van der Waals surface area contributed by atoms with Crippen LogP contribution in [0.2, 0.25) is 5.02 Å². The number of aromatic nitrogens is 1. The topological polar surface area (TPSA) is 59.4 Å². The summed E-state index contributed by atoms with van der Waals surface area (Å²) in [4.78, 5) is 14.1. The lowest BCUT2D eigenvalue weighted by molar-refractivity contribution is -0.131. The molecule has 15 heavy (non-hydrogen) atoms. The van der Waals surface area contributed by atoms with Gasteiger partial charge >= 0.3 is 5.97 Å². The Morgan fingerprint density at radius 1 is 1.73 bits per heavy atom. The number of carboxylic acids is 1. The van der Waals surface area contributed by atoms with Gasteiger partial charge in [0.2, 0.25) is 0 Å². The Hall–Kier alpha value is -0.820. The zero-order valence-electron chi connectivity index (χ0n) is 7.48. The SMILES string of the molecule is O=C(O)/C=C/COc1cc(Cl)cnc1I. The lowest BCUT2D eigenvalue weighted by atomic mass is 10.4. The van der Waals surface area contributed by atoms with Gasteiger partial charge in [-0.2, -0.15) is 0 Å². The number of halogens is 2. The number of hydrogen-bond acceptors (Lipinski definition) is 3. The van der Waals surface area contributed by atoms with Crippen LogP contribution in [-0.4, -0.2) is 22.7 Å². The quantitative estimate of drug-likeness (QED) is 0.520. The standard InChI is InChI=1S/C9H7ClINO3/c10-6-4-7(9(11)12-5-6)15-3-1-2-8(13)14/h1-2,4-5H,3H2,(H,13,14)/b2-1+. The van der Waals surface area contributed by atoms with Crippen molar-refractivity contribution < 1.29 is 14.6 Å². The van der Waals surface area contributed by atoms with Gasteiger partial charge in [0.25, 0.3) is 0 Å². The molecule has 0 saturated carbocycles. The van der Waals surface area contributed by atoms with Gasteiger partial charge in [0, 0.05) is 18.3 Å². The molecule has 0 spiro atoms. The largest absolute Gasteiger partial charge is 0.487 e. The summed E-state index contributed by atoms with van der Waals surface area (Å²) >= 11 is 7.73. The van der Waals surface area contributed by atoms with Crippen molar-refractivity contribution in [2.75, 3.05) is 6.61 Å². The van der Waals surface area contributed by atoms with E-state index in [9.17, 15) is 4.79 Å². The van der Waals surface area contributed by atoms with E-state index in [0.717, 1.165) is 6.08 Å². The van der Waals surface area contributed by atoms with E-state index in [1.807, 2.05) is 22.6 Å². The van der Waals surface area contributed by atoms with Crippen molar-refractivity contribution in [3.63, 3.8) is 0 Å². The van der Waals surface area contributed by atoms with Gasteiger partial charge in [-0.3, -0.25) is 0 Å². The van der Waals surface area contributed by atoms with Gasteiger partial charge in [-0.1, -0.05) is 11.6 Å². The minimum Gasteiger partial charge on any atom is -0.487 e. The highest BCUT2D eigenvalue weighted by Crippen LogP contribution is 2.22. The minimum absolute atomic E-state index is 0.171. The molecule has 0 aliphatic heterocycles. The van der Waals surface area contributed by atoms with Crippen LogP contribution in [0.5, 0.6) is 5.75 Å². The van der Waals surface area contributed by atoms with Crippen LogP contribution in [0.1, 0.15) is 0 Å². The van der Waals surface area contributed by atoms with Gasteiger partial charge in [-0.05, 0) is 28.7 Å². The summed E-state index contributed by atoms with van der Waals surface area (Å²) in [5, 5.41) is 8.81. The maximum atomic E-state index is 10.2. The van der Waals surface area contributed by atoms with E-state index in [0.29, 0.717) is 14.5 Å². The number of nitrogens with zero attached hydrogens (tertiary/aromatic N) is 1. The third-order valence-corrected chi connectivity index (χ3v) is 2.39. The number of aliphatic carboxylic acids is 1. The molecule has 1 aromatic heterocycles. The molecule has 0 bridgehead atoms. The predicted octanol–water partition coefficient (Wildman–Crippen LogP) is 2.36. The van der Waals surface area contributed by atoms with Crippen molar-refractivity contribution in [2.45, 2.75) is 0 Å². The van der Waals surface area contributed by atoms with E-state index in [4.69, 9.17) is 21.4 Å². The van der Waals surface area contributed by atoms with Crippen molar-refractivity contribution in [1.29, 1.82) is 0 Å². The zero-order valence-corrected chi connectivity index (χ0v) is 10.4. The summed E-state index contributed by atoms with van der Waals surface area (Å²) in [5.41, 5.74) is 0. The number of ether oxygens (including phenoxy) is 1. The molecule has 0 aliphatic carbocycles. The molecule has 0 amide bonds. The Bertz CT molecular complexity index is 395. The summed E-state index contributed by atoms with van der Waals surface area (Å²) in [6.45, 7) is 0.171. The fraction of sp³-hybridized carbons (Fsp3) is 0.111. The van der Waals surface area contributed by atoms with Gasteiger partial charge in [0.15, 0.2) is 5.75 Å². The van der Waals surface area contributed by atoms with Crippen molar-refractivity contribution >= 4 is 40.2 Å². The summed E-state index contributed by atoms with van der Waals surface area (Å²) in [7, 11) is 0. The molecule has 0 atom stereocenters. The van der Waals surface area contributed by atoms with E-state index >= 15 is 0 Å². The Morgan fingerprint density at radius 2 is 2.47 bits per heavy atom. The number of hydrogen-bond donors (Lipinski definition) is 1. The van der Waals surface area contributed by atoms with Crippen molar-refractivity contribution in [1.82, 2.24) is 4.98 Å². The van der Waals surface area contributed by atoms with Crippen LogP contribution in [0.25, 0.3) is 0 Å². The van der Waals surface area contributed by atoms with E-state index in [1.54, 1.807) is 6.07 Å². The Balaban J connectivity index is 2.57. The Labute approximate surface area is 105 Å². The molecule has 6 heteroatoms. The third kappa shape index (κ3) is 4.48. The van der Waals surface area contributed by atoms with Crippen LogP contribution in [-0.2, 0) is 4.79 Å². The molecular weight excluding hydrogens is 332 g/mol. The molecular formula is C9H7ClINO3. The first kappa shape index (κ1) is 12.3. The lowest BCUT2D eigenvalue weighted by Gasteiger charge is -2.04. The smallest absolute Gasteiger partial charge is 0.328 e. The lowest BCUT2D eigenvalue weighted by Crippen LogP contribution is -1.98. The molecule has 80 valence electrons. The molecule has 0 unspecified atom stereocenters. The van der Waals surface area contributed by atoms with Gasteiger partial charge in [-0.25, -0.2) is 9.78 Å². The van der Waals surface area contributed by atoms with Crippen molar-refractivity contribution in [3.05, 3.63) is 33.1 Å². The first-order chi connectivity index (χ1) is 7.09. The van der Waals surface area contributed by atoms with Crippen LogP contribution >= 0.6 is 34.2 Å². The predicted molar refractivity (Wildman–Crippen MR) is 64.2 cm³/mol. The second kappa shape index (κ2) is 5.92. The molecule has 1 heterocycles. The minimum atomic E-state index is -1.00. The monoisotopic (exact) mass is 339 g/mol. The maximum Gasteiger partial charge on any atom is 0.328 e. The molecule has 1 N–H and O–H groups in total. The van der Waals surface area contributed by atoms with E-state index in [1.165, 1.54) is 12.3 Å². The van der Waals surface area contributed by atoms with Crippen LogP contribution in [0.4, 0.5) is 0 Å². The van der Waals surface area contributed by atoms with Gasteiger partial charge in [0.05, 0.1) is 5.02 Å². The molecule has 1 rings (SSSR count). The molecule has 4 nitrogen and oxygen atoms in total. The van der Waals surface area contributed by atoms with Crippen LogP contribution in [0, 0.1) is 3.70 Å². The van der Waals surface area contributed by atoms with Crippen LogP contribution in [0.15, 0.2) is 24.4 Å². The molecule has 0 radical (unpaired) electrons. The molecule has 0 fully saturated rings. The summed E-state index contributed by atoms with van der Waals surface area (Å²) in [5.74, 6) is -0.462. The Morgan fingerprint density at radius 3 is 3.13 bits per heavy atom. The summed E-state index contributed by atoms with van der Waals surface area (Å²) < 4.78 is 5.94. The summed E-state index contributed by atoms with van der Waals surface area (Å²) in [6.07, 6.45) is 3.94. The highest BCUT2D eigenvalue weighted by molar-refractivity contribution is 14.1. The molecule has 0 aliphatic rings. The van der Waals surface area contributed by atoms with Crippen LogP contribution in [0.3, 0.4) is 0 Å². The van der Waals surface area contributed by atoms with Crippen molar-refractivity contribution in [2.24, 2.45) is 0 Å². The highest BCUT2D eigenvalue weighted by Gasteiger charge is 2.02. The zero-order chi connectivity index (χ0) is 11.3. The van der Waals surface area contributed by atoms with Gasteiger partial charge in [-0.15, -0.1) is 0 Å². The van der Waals surface area contributed by atoms with E-state index in [2.05, 4.69) is 4.98 Å². The maximum absolute atomic E-state index is 10.2. The average Bonchev–Trinajstić information content (AvgIpc) is 2.17. The summed E-state index contributed by atoms with van der Waals surface area (Å²) in [6, 6.07) is 1.63. The van der Waals surface area contributed by atoms with E-state index < -0.39 is 5.97 Å². The number of carboxylic acid groups (broad SMARTS) is 1. The van der Waals surface area contributed by atoms with E-state index in [-0.39, 0.29) is 6.61 Å². The van der Waals surface area contributed by atoms with Gasteiger partial charge in [0.1, 0.15) is 10.3 Å². The first-order valence-electron chi connectivity index (χ1n) is 3.93. The molecule has 0 saturated heterocycles. The second-order valence-electron chi connectivity index (χ2n) is 2.49. The fourth-order valence-electron chi connectivity index (χ4n) is 0.792. The van der Waals surface area contributed by atoms with Crippen molar-refractivity contribution in [3.8, 4) is 5.75 Å². The van der Waals surface area contributed by atoms with Gasteiger partial charge < -0.3 is 9.84 Å². The first-order valence-corrected chi connectivity index (χ1v) is 5.38. The normalized spacial score (nSPS) is 10.5. The molecule has 1 aromatic rings. The average molecular weight is 340 g/mol. The third-order valence-electron chi connectivity index (χ3n) is 1.37. The second-order valence-corrected chi connectivity index (χ2v) is 3.95. The fourth-order valence-corrected chi connectivity index (χ4v) is 1.39. The number of carbonyl (C=O) groups is 1. The van der Waals surface area contributed by atoms with Crippen LogP contribution < -0.4 is 4.74 Å². The number of rotatable bonds is 4. The number of pyridine rings is 1. The highest BCUT2D eigenvalue weighted by atomic mass is 127.